The molecule has 0 radical (unpaired) electrons. The summed E-state index contributed by atoms with van der Waals surface area (Å²) in [5.41, 5.74) is 0. The molecular formula is C20H20ClOP. The van der Waals surface area contributed by atoms with Crippen LogP contribution in [0.3, 0.4) is 0 Å². The Balaban J connectivity index is 0.00000192. The average Bonchev–Trinajstić information content (AvgIpc) is 2.62. The smallest absolute Gasteiger partial charge is 0.161 e. The second-order valence-corrected chi connectivity index (χ2v) is 8.88. The Morgan fingerprint density at radius 1 is 0.652 bits per heavy atom. The van der Waals surface area contributed by atoms with Gasteiger partial charge in [0.15, 0.2) is 5.75 Å². The lowest BCUT2D eigenvalue weighted by Gasteiger charge is -2.24. The highest BCUT2D eigenvalue weighted by Crippen LogP contribution is 2.53. The van der Waals surface area contributed by atoms with Crippen molar-refractivity contribution in [1.29, 1.82) is 0 Å². The number of hydrogen-bond acceptors (Lipinski definition) is 1. The van der Waals surface area contributed by atoms with Crippen LogP contribution in [0.5, 0.6) is 5.75 Å². The number of methoxy groups -OCH3 is 1. The summed E-state index contributed by atoms with van der Waals surface area (Å²) in [4.78, 5) is 0. The van der Waals surface area contributed by atoms with Crippen molar-refractivity contribution in [2.75, 3.05) is 13.8 Å². The monoisotopic (exact) mass is 342 g/mol. The van der Waals surface area contributed by atoms with Crippen molar-refractivity contribution < 1.29 is 17.1 Å². The van der Waals surface area contributed by atoms with Crippen LogP contribution in [0.15, 0.2) is 84.9 Å². The molecule has 0 saturated carbocycles. The molecule has 3 heteroatoms. The average molecular weight is 343 g/mol. The van der Waals surface area contributed by atoms with Gasteiger partial charge in [-0.15, -0.1) is 0 Å². The van der Waals surface area contributed by atoms with Crippen LogP contribution in [0, 0.1) is 0 Å². The molecule has 0 unspecified atom stereocenters. The van der Waals surface area contributed by atoms with Crippen molar-refractivity contribution in [3.05, 3.63) is 84.9 Å². The van der Waals surface area contributed by atoms with Gasteiger partial charge in [0, 0.05) is 0 Å². The minimum atomic E-state index is -1.71. The zero-order valence-electron chi connectivity index (χ0n) is 13.3. The molecule has 3 rings (SSSR count). The van der Waals surface area contributed by atoms with Crippen LogP contribution in [0.25, 0.3) is 0 Å². The highest BCUT2D eigenvalue weighted by Gasteiger charge is 2.42. The molecule has 0 aromatic heterocycles. The van der Waals surface area contributed by atoms with Crippen LogP contribution in [0.4, 0.5) is 0 Å². The van der Waals surface area contributed by atoms with E-state index >= 15 is 0 Å². The largest absolute Gasteiger partial charge is 1.00 e. The lowest BCUT2D eigenvalue weighted by Crippen LogP contribution is -3.00. The van der Waals surface area contributed by atoms with Crippen LogP contribution < -0.4 is 33.1 Å². The van der Waals surface area contributed by atoms with Crippen molar-refractivity contribution in [3.63, 3.8) is 0 Å². The molecule has 0 spiro atoms. The molecule has 0 amide bonds. The maximum Gasteiger partial charge on any atom is 0.161 e. The Morgan fingerprint density at radius 2 is 1.09 bits per heavy atom. The molecule has 23 heavy (non-hydrogen) atoms. The third-order valence-electron chi connectivity index (χ3n) is 4.11. The molecule has 0 N–H and O–H groups in total. The summed E-state index contributed by atoms with van der Waals surface area (Å²) in [5, 5.41) is 4.02. The zero-order valence-corrected chi connectivity index (χ0v) is 15.0. The number of halogens is 1. The van der Waals surface area contributed by atoms with Crippen LogP contribution >= 0.6 is 7.26 Å². The molecule has 0 heterocycles. The second kappa shape index (κ2) is 7.64. The predicted molar refractivity (Wildman–Crippen MR) is 97.6 cm³/mol. The predicted octanol–water partition coefficient (Wildman–Crippen LogP) is 0.623. The van der Waals surface area contributed by atoms with Gasteiger partial charge >= 0.3 is 0 Å². The summed E-state index contributed by atoms with van der Waals surface area (Å²) in [6.07, 6.45) is 0. The second-order valence-electron chi connectivity index (χ2n) is 5.35. The van der Waals surface area contributed by atoms with Gasteiger partial charge in [-0.25, -0.2) is 0 Å². The summed E-state index contributed by atoms with van der Waals surface area (Å²) < 4.78 is 5.66. The Morgan fingerprint density at radius 3 is 1.57 bits per heavy atom. The van der Waals surface area contributed by atoms with E-state index in [0.717, 1.165) is 5.75 Å². The fourth-order valence-electron chi connectivity index (χ4n) is 2.88. The molecule has 3 aromatic rings. The fraction of sp³-hybridized carbons (Fsp3) is 0.100. The highest BCUT2D eigenvalue weighted by molar-refractivity contribution is 7.95. The number of rotatable bonds is 4. The molecule has 0 aliphatic heterocycles. The molecule has 118 valence electrons. The molecule has 0 atom stereocenters. The van der Waals surface area contributed by atoms with Gasteiger partial charge in [0.2, 0.25) is 0 Å². The van der Waals surface area contributed by atoms with Crippen molar-refractivity contribution in [2.24, 2.45) is 0 Å². The minimum absolute atomic E-state index is 0. The topological polar surface area (TPSA) is 9.23 Å². The first-order valence-electron chi connectivity index (χ1n) is 7.38. The highest BCUT2D eigenvalue weighted by atomic mass is 35.5. The van der Waals surface area contributed by atoms with Gasteiger partial charge in [0.25, 0.3) is 0 Å². The Hall–Kier alpha value is -1.82. The Kier molecular flexibility index (Phi) is 5.82. The summed E-state index contributed by atoms with van der Waals surface area (Å²) in [5.74, 6) is 0.964. The van der Waals surface area contributed by atoms with Crippen molar-refractivity contribution >= 4 is 23.2 Å². The Bertz CT molecular complexity index is 704. The minimum Gasteiger partial charge on any atom is -1.00 e. The van der Waals surface area contributed by atoms with E-state index in [1.54, 1.807) is 7.11 Å². The van der Waals surface area contributed by atoms with E-state index in [2.05, 4.69) is 85.5 Å². The van der Waals surface area contributed by atoms with Crippen LogP contribution in [-0.4, -0.2) is 13.8 Å². The maximum absolute atomic E-state index is 5.66. The molecule has 0 saturated heterocycles. The molecule has 0 aliphatic rings. The van der Waals surface area contributed by atoms with E-state index in [9.17, 15) is 0 Å². The zero-order chi connectivity index (χ0) is 15.4. The summed E-state index contributed by atoms with van der Waals surface area (Å²) in [6.45, 7) is 2.37. The van der Waals surface area contributed by atoms with Crippen LogP contribution in [0.1, 0.15) is 0 Å². The lowest BCUT2D eigenvalue weighted by atomic mass is 10.3. The van der Waals surface area contributed by atoms with Crippen molar-refractivity contribution in [1.82, 2.24) is 0 Å². The van der Waals surface area contributed by atoms with Gasteiger partial charge in [-0.3, -0.25) is 0 Å². The SMILES string of the molecule is COc1ccccc1[P+](C)(c1ccccc1)c1ccccc1.[Cl-]. The molecule has 3 aromatic carbocycles. The van der Waals surface area contributed by atoms with Gasteiger partial charge < -0.3 is 17.1 Å². The molecule has 0 aliphatic carbocycles. The summed E-state index contributed by atoms with van der Waals surface area (Å²) in [7, 11) is 0.0436. The standard InChI is InChI=1S/C20H20OP.ClH/c1-21-19-15-9-10-16-20(19)22(2,17-11-5-3-6-12-17)18-13-7-4-8-14-18;/h3-16H,1-2H3;1H/q+1;/p-1. The first-order chi connectivity index (χ1) is 10.8. The van der Waals surface area contributed by atoms with Gasteiger partial charge in [0.05, 0.1) is 13.8 Å². The normalized spacial score (nSPS) is 10.7. The van der Waals surface area contributed by atoms with E-state index in [-0.39, 0.29) is 12.4 Å². The summed E-state index contributed by atoms with van der Waals surface area (Å²) >= 11 is 0. The maximum atomic E-state index is 5.66. The number of para-hydroxylation sites is 1. The van der Waals surface area contributed by atoms with Crippen LogP contribution in [0.2, 0.25) is 0 Å². The summed E-state index contributed by atoms with van der Waals surface area (Å²) in [6, 6.07) is 29.9. The number of hydrogen-bond donors (Lipinski definition) is 0. The van der Waals surface area contributed by atoms with Crippen molar-refractivity contribution in [2.45, 2.75) is 0 Å². The molecule has 0 bridgehead atoms. The van der Waals surface area contributed by atoms with Gasteiger partial charge in [-0.1, -0.05) is 48.5 Å². The molecular weight excluding hydrogens is 323 g/mol. The number of benzene rings is 3. The molecule has 0 fully saturated rings. The third kappa shape index (κ3) is 3.27. The van der Waals surface area contributed by atoms with Gasteiger partial charge in [-0.2, -0.15) is 0 Å². The van der Waals surface area contributed by atoms with E-state index in [1.807, 2.05) is 6.07 Å². The van der Waals surface area contributed by atoms with E-state index in [1.165, 1.54) is 15.9 Å². The lowest BCUT2D eigenvalue weighted by molar-refractivity contribution is -0.00000463. The van der Waals surface area contributed by atoms with E-state index in [4.69, 9.17) is 4.74 Å². The first kappa shape index (κ1) is 17.5. The van der Waals surface area contributed by atoms with E-state index in [0.29, 0.717) is 0 Å². The van der Waals surface area contributed by atoms with Gasteiger partial charge in [-0.05, 0) is 36.4 Å². The Labute approximate surface area is 145 Å². The van der Waals surface area contributed by atoms with E-state index < -0.39 is 7.26 Å². The quantitative estimate of drug-likeness (QED) is 0.632. The van der Waals surface area contributed by atoms with Crippen LogP contribution in [-0.2, 0) is 0 Å². The first-order valence-corrected chi connectivity index (χ1v) is 9.62. The fourth-order valence-corrected chi connectivity index (χ4v) is 6.26. The number of ether oxygens (including phenoxy) is 1. The van der Waals surface area contributed by atoms with Crippen molar-refractivity contribution in [3.8, 4) is 5.75 Å². The van der Waals surface area contributed by atoms with Gasteiger partial charge in [0.1, 0.15) is 23.2 Å². The molecule has 1 nitrogen and oxygen atoms in total. The third-order valence-corrected chi connectivity index (χ3v) is 8.11.